The number of carbonyl (C=O) groups is 2. The van der Waals surface area contributed by atoms with Crippen molar-refractivity contribution in [2.75, 3.05) is 5.01 Å². The third kappa shape index (κ3) is 3.52. The van der Waals surface area contributed by atoms with Crippen molar-refractivity contribution in [1.82, 2.24) is 9.55 Å². The van der Waals surface area contributed by atoms with Crippen LogP contribution in [0.15, 0.2) is 41.8 Å². The van der Waals surface area contributed by atoms with Crippen LogP contribution >= 0.6 is 23.2 Å². The van der Waals surface area contributed by atoms with Crippen molar-refractivity contribution in [3.05, 3.63) is 46.7 Å². The van der Waals surface area contributed by atoms with Gasteiger partial charge in [-0.3, -0.25) is 9.59 Å². The van der Waals surface area contributed by atoms with Gasteiger partial charge in [-0.1, -0.05) is 23.2 Å². The largest absolute Gasteiger partial charge is 0.454 e. The number of hydrogen-bond donors (Lipinski definition) is 0. The van der Waals surface area contributed by atoms with E-state index in [0.29, 0.717) is 11.8 Å². The van der Waals surface area contributed by atoms with Crippen LogP contribution in [0.5, 0.6) is 11.5 Å². The first-order valence-corrected chi connectivity index (χ1v) is 10.2. The molecule has 0 bridgehead atoms. The molecular formula is C21H13Cl2N5O3. The molecule has 0 atom stereocenters. The number of amides is 1. The molecule has 5 rings (SSSR count). The van der Waals surface area contributed by atoms with Crippen LogP contribution in [0.4, 0.5) is 5.69 Å². The highest BCUT2D eigenvalue weighted by Gasteiger charge is 2.30. The zero-order valence-electron chi connectivity index (χ0n) is 15.9. The lowest BCUT2D eigenvalue weighted by molar-refractivity contribution is -0.124. The highest BCUT2D eigenvalue weighted by molar-refractivity contribution is 6.50. The van der Waals surface area contributed by atoms with Gasteiger partial charge in [-0.15, -0.1) is 0 Å². The fraction of sp³-hybridized carbons (Fsp3) is 0.190. The Balaban J connectivity index is 1.48. The Morgan fingerprint density at radius 3 is 2.55 bits per heavy atom. The van der Waals surface area contributed by atoms with Gasteiger partial charge in [0.1, 0.15) is 11.8 Å². The number of imidazole rings is 1. The molecule has 1 aromatic heterocycles. The summed E-state index contributed by atoms with van der Waals surface area (Å²) in [7, 11) is 0. The van der Waals surface area contributed by atoms with Crippen molar-refractivity contribution in [2.45, 2.75) is 25.3 Å². The molecule has 0 N–H and O–H groups in total. The molecule has 1 aliphatic carbocycles. The quantitative estimate of drug-likeness (QED) is 0.534. The van der Waals surface area contributed by atoms with Crippen LogP contribution in [0.25, 0.3) is 11.0 Å². The lowest BCUT2D eigenvalue weighted by atomic mass is 10.1. The number of anilines is 1. The summed E-state index contributed by atoms with van der Waals surface area (Å²) in [5.41, 5.74) is 1.71. The second-order valence-corrected chi connectivity index (χ2v) is 8.05. The highest BCUT2D eigenvalue weighted by Crippen LogP contribution is 2.42. The number of carbonyl (C=O) groups excluding carboxylic acids is 2. The maximum atomic E-state index is 12.2. The van der Waals surface area contributed by atoms with Gasteiger partial charge in [-0.2, -0.15) is 15.4 Å². The molecular weight excluding hydrogens is 441 g/mol. The van der Waals surface area contributed by atoms with Gasteiger partial charge in [0.15, 0.2) is 5.75 Å². The lowest BCUT2D eigenvalue weighted by Crippen LogP contribution is -2.36. The van der Waals surface area contributed by atoms with Gasteiger partial charge >= 0.3 is 0 Å². The summed E-state index contributed by atoms with van der Waals surface area (Å²) in [4.78, 5) is 28.3. The third-order valence-corrected chi connectivity index (χ3v) is 5.61. The zero-order valence-corrected chi connectivity index (χ0v) is 17.4. The van der Waals surface area contributed by atoms with E-state index in [4.69, 9.17) is 33.2 Å². The van der Waals surface area contributed by atoms with E-state index in [9.17, 15) is 9.59 Å². The molecule has 3 aromatic rings. The average Bonchev–Trinajstić information content (AvgIpc) is 3.50. The van der Waals surface area contributed by atoms with E-state index in [2.05, 4.69) is 14.7 Å². The number of ether oxygens (including phenoxy) is 1. The van der Waals surface area contributed by atoms with E-state index >= 15 is 0 Å². The van der Waals surface area contributed by atoms with Crippen LogP contribution in [0, 0.1) is 11.3 Å². The number of nitrogens with zero attached hydrogens (tertiary/aromatic N) is 5. The number of fused-ring (bicyclic) bond motifs is 1. The number of ketones is 1. The summed E-state index contributed by atoms with van der Waals surface area (Å²) in [6.07, 6.45) is 3.64. The van der Waals surface area contributed by atoms with Gasteiger partial charge in [0.2, 0.25) is 11.5 Å². The molecule has 2 aromatic carbocycles. The Labute approximate surface area is 186 Å². The van der Waals surface area contributed by atoms with E-state index in [0.717, 1.165) is 28.9 Å². The minimum Gasteiger partial charge on any atom is -0.454 e. The van der Waals surface area contributed by atoms with Gasteiger partial charge in [0.25, 0.3) is 5.91 Å². The number of rotatable bonds is 4. The van der Waals surface area contributed by atoms with Crippen LogP contribution in [-0.4, -0.2) is 27.0 Å². The number of hydrazone groups is 1. The first-order valence-electron chi connectivity index (χ1n) is 9.43. The minimum atomic E-state index is -0.623. The Bertz CT molecular complexity index is 1310. The Morgan fingerprint density at radius 2 is 1.87 bits per heavy atom. The first-order chi connectivity index (χ1) is 14.9. The molecule has 8 nitrogen and oxygen atoms in total. The topological polar surface area (TPSA) is 101 Å². The van der Waals surface area contributed by atoms with Crippen molar-refractivity contribution in [2.24, 2.45) is 5.10 Å². The van der Waals surface area contributed by atoms with E-state index < -0.39 is 18.1 Å². The van der Waals surface area contributed by atoms with Crippen LogP contribution in [0.3, 0.4) is 0 Å². The average molecular weight is 454 g/mol. The molecule has 0 saturated heterocycles. The van der Waals surface area contributed by atoms with Gasteiger partial charge in [-0.05, 0) is 37.1 Å². The molecule has 10 heteroatoms. The summed E-state index contributed by atoms with van der Waals surface area (Å²) < 4.78 is 8.08. The van der Waals surface area contributed by atoms with E-state index in [1.165, 1.54) is 12.1 Å². The van der Waals surface area contributed by atoms with Crippen molar-refractivity contribution in [3.63, 3.8) is 0 Å². The van der Waals surface area contributed by atoms with E-state index in [-0.39, 0.29) is 27.2 Å². The second-order valence-electron chi connectivity index (χ2n) is 7.24. The lowest BCUT2D eigenvalue weighted by Gasteiger charge is -2.22. The summed E-state index contributed by atoms with van der Waals surface area (Å²) in [6, 6.07) is 10.6. The minimum absolute atomic E-state index is 0.150. The number of Topliss-reactive ketones (excluding diaryl/α,β-unsaturated/α-hetero) is 1. The molecule has 2 aliphatic rings. The molecule has 0 spiro atoms. The predicted molar refractivity (Wildman–Crippen MR) is 115 cm³/mol. The molecule has 0 radical (unpaired) electrons. The predicted octanol–water partition coefficient (Wildman–Crippen LogP) is 4.66. The molecule has 31 heavy (non-hydrogen) atoms. The maximum Gasteiger partial charge on any atom is 0.255 e. The molecule has 0 unspecified atom stereocenters. The maximum absolute atomic E-state index is 12.2. The standard InChI is InChI=1S/C21H13Cl2N5O3/c22-14-5-12(28-20(30)8-19(29)17(9-24)26-28)6-15(23)21(14)31-13-3-4-16-18(7-13)27(10-25-16)11-1-2-11/h3-7,10-11H,1-2,8H2. The third-order valence-electron chi connectivity index (χ3n) is 5.05. The first kappa shape index (κ1) is 19.5. The molecule has 2 heterocycles. The molecule has 1 saturated carbocycles. The smallest absolute Gasteiger partial charge is 0.255 e. The second kappa shape index (κ2) is 7.38. The summed E-state index contributed by atoms with van der Waals surface area (Å²) in [5, 5.41) is 14.1. The SMILES string of the molecule is N#CC1=NN(c2cc(Cl)c(Oc3ccc4ncn(C5CC5)c4c3)c(Cl)c2)C(=O)CC1=O. The van der Waals surface area contributed by atoms with E-state index in [1.807, 2.05) is 18.5 Å². The summed E-state index contributed by atoms with van der Waals surface area (Å²) >= 11 is 12.8. The summed E-state index contributed by atoms with van der Waals surface area (Å²) in [5.74, 6) is -0.449. The molecule has 1 amide bonds. The van der Waals surface area contributed by atoms with Gasteiger partial charge in [-0.25, -0.2) is 4.98 Å². The zero-order chi connectivity index (χ0) is 21.7. The number of nitriles is 1. The van der Waals surface area contributed by atoms with Crippen molar-refractivity contribution < 1.29 is 14.3 Å². The number of halogens is 2. The fourth-order valence-corrected chi connectivity index (χ4v) is 3.94. The number of benzene rings is 2. The normalized spacial score (nSPS) is 16.4. The summed E-state index contributed by atoms with van der Waals surface area (Å²) in [6.45, 7) is 0. The van der Waals surface area contributed by atoms with Crippen molar-refractivity contribution in [3.8, 4) is 17.6 Å². The van der Waals surface area contributed by atoms with Crippen molar-refractivity contribution >= 4 is 57.3 Å². The highest BCUT2D eigenvalue weighted by atomic mass is 35.5. The Morgan fingerprint density at radius 1 is 1.13 bits per heavy atom. The monoisotopic (exact) mass is 453 g/mol. The van der Waals surface area contributed by atoms with Gasteiger partial charge < -0.3 is 9.30 Å². The van der Waals surface area contributed by atoms with Crippen molar-refractivity contribution in [1.29, 1.82) is 5.26 Å². The van der Waals surface area contributed by atoms with Gasteiger partial charge in [0.05, 0.1) is 39.5 Å². The van der Waals surface area contributed by atoms with Crippen LogP contribution in [0.1, 0.15) is 25.3 Å². The fourth-order valence-electron chi connectivity index (χ4n) is 3.39. The number of aromatic nitrogens is 2. The van der Waals surface area contributed by atoms with Crippen LogP contribution in [-0.2, 0) is 9.59 Å². The van der Waals surface area contributed by atoms with E-state index in [1.54, 1.807) is 12.1 Å². The molecule has 1 fully saturated rings. The molecule has 1 aliphatic heterocycles. The van der Waals surface area contributed by atoms with Gasteiger partial charge in [0, 0.05) is 12.1 Å². The Hall–Kier alpha value is -3.41. The van der Waals surface area contributed by atoms with Crippen LogP contribution in [0.2, 0.25) is 10.0 Å². The molecule has 154 valence electrons. The van der Waals surface area contributed by atoms with Crippen LogP contribution < -0.4 is 9.75 Å². The Kier molecular flexibility index (Phi) is 4.65. The number of hydrogen-bond acceptors (Lipinski definition) is 6.